The molecule has 1 amide bonds. The van der Waals surface area contributed by atoms with Crippen molar-refractivity contribution in [3.05, 3.63) is 0 Å². The molecule has 4 nitrogen and oxygen atoms in total. The van der Waals surface area contributed by atoms with E-state index in [0.29, 0.717) is 19.4 Å². The molecular formula is C13H25NO3. The number of amides is 1. The summed E-state index contributed by atoms with van der Waals surface area (Å²) < 4.78 is 5.12. The molecule has 0 fully saturated rings. The molecule has 0 radical (unpaired) electrons. The molecule has 0 aromatic carbocycles. The molecule has 0 aliphatic carbocycles. The van der Waals surface area contributed by atoms with Gasteiger partial charge in [0.25, 0.3) is 0 Å². The van der Waals surface area contributed by atoms with Crippen molar-refractivity contribution in [1.29, 1.82) is 0 Å². The van der Waals surface area contributed by atoms with Crippen molar-refractivity contribution < 1.29 is 14.3 Å². The molecule has 0 aromatic heterocycles. The van der Waals surface area contributed by atoms with E-state index >= 15 is 0 Å². The smallest absolute Gasteiger partial charge is 0.407 e. The first-order chi connectivity index (χ1) is 7.74. The van der Waals surface area contributed by atoms with Gasteiger partial charge in [-0.1, -0.05) is 13.8 Å². The highest BCUT2D eigenvalue weighted by Gasteiger charge is 2.16. The standard InChI is InChI=1S/C13H25NO3/c1-6-11(15)8-7-10(2)9-14-12(16)17-13(3,4)5/h10H,6-9H2,1-5H3,(H,14,16)/t10-/m1/s1. The Balaban J connectivity index is 3.73. The Hall–Kier alpha value is -1.06. The van der Waals surface area contributed by atoms with Crippen LogP contribution < -0.4 is 5.32 Å². The predicted molar refractivity (Wildman–Crippen MR) is 67.9 cm³/mol. The van der Waals surface area contributed by atoms with E-state index in [1.165, 1.54) is 0 Å². The van der Waals surface area contributed by atoms with Crippen LogP contribution in [0.25, 0.3) is 0 Å². The van der Waals surface area contributed by atoms with Gasteiger partial charge in [-0.15, -0.1) is 0 Å². The normalized spacial score (nSPS) is 13.0. The summed E-state index contributed by atoms with van der Waals surface area (Å²) in [5, 5.41) is 2.71. The maximum absolute atomic E-state index is 11.4. The van der Waals surface area contributed by atoms with E-state index < -0.39 is 11.7 Å². The van der Waals surface area contributed by atoms with E-state index in [4.69, 9.17) is 4.74 Å². The first-order valence-electron chi connectivity index (χ1n) is 6.23. The number of ketones is 1. The van der Waals surface area contributed by atoms with Gasteiger partial charge in [0, 0.05) is 19.4 Å². The molecule has 0 rings (SSSR count). The summed E-state index contributed by atoms with van der Waals surface area (Å²) in [6.45, 7) is 9.92. The van der Waals surface area contributed by atoms with Crippen LogP contribution in [-0.4, -0.2) is 24.0 Å². The van der Waals surface area contributed by atoms with E-state index in [1.807, 2.05) is 34.6 Å². The number of carbonyl (C=O) groups is 2. The summed E-state index contributed by atoms with van der Waals surface area (Å²) in [6, 6.07) is 0. The van der Waals surface area contributed by atoms with Gasteiger partial charge in [0.2, 0.25) is 0 Å². The highest BCUT2D eigenvalue weighted by atomic mass is 16.6. The van der Waals surface area contributed by atoms with Crippen LogP contribution >= 0.6 is 0 Å². The number of nitrogens with one attached hydrogen (secondary N) is 1. The summed E-state index contributed by atoms with van der Waals surface area (Å²) in [6.07, 6.45) is 1.59. The van der Waals surface area contributed by atoms with Crippen LogP contribution in [0.3, 0.4) is 0 Å². The average Bonchev–Trinajstić information content (AvgIpc) is 2.20. The van der Waals surface area contributed by atoms with Crippen LogP contribution in [0.5, 0.6) is 0 Å². The number of Topliss-reactive ketones (excluding diaryl/α,β-unsaturated/α-hetero) is 1. The molecular weight excluding hydrogens is 218 g/mol. The molecule has 0 saturated carbocycles. The summed E-state index contributed by atoms with van der Waals surface area (Å²) in [4.78, 5) is 22.5. The van der Waals surface area contributed by atoms with E-state index in [0.717, 1.165) is 6.42 Å². The van der Waals surface area contributed by atoms with Crippen LogP contribution in [0.4, 0.5) is 4.79 Å². The Morgan fingerprint density at radius 1 is 1.29 bits per heavy atom. The van der Waals surface area contributed by atoms with E-state index in [1.54, 1.807) is 0 Å². The molecule has 0 bridgehead atoms. The summed E-state index contributed by atoms with van der Waals surface area (Å²) in [5.41, 5.74) is -0.467. The molecule has 0 aliphatic heterocycles. The van der Waals surface area contributed by atoms with Gasteiger partial charge in [0.15, 0.2) is 0 Å². The SMILES string of the molecule is CCC(=O)CC[C@@H](C)CNC(=O)OC(C)(C)C. The highest BCUT2D eigenvalue weighted by Crippen LogP contribution is 2.08. The number of rotatable bonds is 6. The number of hydrogen-bond acceptors (Lipinski definition) is 3. The van der Waals surface area contributed by atoms with Crippen LogP contribution in [-0.2, 0) is 9.53 Å². The second-order valence-electron chi connectivity index (χ2n) is 5.42. The third kappa shape index (κ3) is 9.85. The van der Waals surface area contributed by atoms with Gasteiger partial charge in [0.05, 0.1) is 0 Å². The molecule has 0 aliphatic rings. The third-order valence-electron chi connectivity index (χ3n) is 2.30. The molecule has 0 spiro atoms. The van der Waals surface area contributed by atoms with Crippen molar-refractivity contribution in [3.8, 4) is 0 Å². The zero-order valence-corrected chi connectivity index (χ0v) is 11.6. The van der Waals surface area contributed by atoms with E-state index in [9.17, 15) is 9.59 Å². The van der Waals surface area contributed by atoms with Crippen molar-refractivity contribution in [2.45, 2.75) is 59.5 Å². The lowest BCUT2D eigenvalue weighted by molar-refractivity contribution is -0.119. The maximum atomic E-state index is 11.4. The van der Waals surface area contributed by atoms with Crippen LogP contribution in [0.15, 0.2) is 0 Å². The quantitative estimate of drug-likeness (QED) is 0.780. The van der Waals surface area contributed by atoms with Crippen molar-refractivity contribution in [2.75, 3.05) is 6.54 Å². The van der Waals surface area contributed by atoms with Gasteiger partial charge in [-0.2, -0.15) is 0 Å². The summed E-state index contributed by atoms with van der Waals surface area (Å²) in [7, 11) is 0. The number of hydrogen-bond donors (Lipinski definition) is 1. The zero-order chi connectivity index (χ0) is 13.5. The lowest BCUT2D eigenvalue weighted by Crippen LogP contribution is -2.34. The number of ether oxygens (including phenoxy) is 1. The van der Waals surface area contributed by atoms with Crippen LogP contribution in [0.1, 0.15) is 53.9 Å². The van der Waals surface area contributed by atoms with Gasteiger partial charge in [-0.3, -0.25) is 4.79 Å². The number of alkyl carbamates (subject to hydrolysis) is 1. The fourth-order valence-electron chi connectivity index (χ4n) is 1.26. The summed E-state index contributed by atoms with van der Waals surface area (Å²) >= 11 is 0. The fourth-order valence-corrected chi connectivity index (χ4v) is 1.26. The lowest BCUT2D eigenvalue weighted by atomic mass is 10.0. The van der Waals surface area contributed by atoms with Gasteiger partial charge in [0.1, 0.15) is 11.4 Å². The minimum absolute atomic E-state index is 0.272. The van der Waals surface area contributed by atoms with Crippen molar-refractivity contribution >= 4 is 11.9 Å². The lowest BCUT2D eigenvalue weighted by Gasteiger charge is -2.20. The van der Waals surface area contributed by atoms with Crippen molar-refractivity contribution in [1.82, 2.24) is 5.32 Å². The molecule has 1 atom stereocenters. The van der Waals surface area contributed by atoms with E-state index in [-0.39, 0.29) is 11.7 Å². The Labute approximate surface area is 104 Å². The van der Waals surface area contributed by atoms with E-state index in [2.05, 4.69) is 5.32 Å². The maximum Gasteiger partial charge on any atom is 0.407 e. The summed E-state index contributed by atoms with van der Waals surface area (Å²) in [5.74, 6) is 0.562. The first-order valence-corrected chi connectivity index (χ1v) is 6.23. The van der Waals surface area contributed by atoms with Crippen molar-refractivity contribution in [2.24, 2.45) is 5.92 Å². The third-order valence-corrected chi connectivity index (χ3v) is 2.30. The fraction of sp³-hybridized carbons (Fsp3) is 0.846. The molecule has 0 aromatic rings. The van der Waals surface area contributed by atoms with Crippen LogP contribution in [0.2, 0.25) is 0 Å². The molecule has 0 saturated heterocycles. The van der Waals surface area contributed by atoms with Gasteiger partial charge in [-0.25, -0.2) is 4.79 Å². The Bertz CT molecular complexity index is 256. The number of carbonyl (C=O) groups excluding carboxylic acids is 2. The Morgan fingerprint density at radius 3 is 2.35 bits per heavy atom. The topological polar surface area (TPSA) is 55.4 Å². The Kier molecular flexibility index (Phi) is 6.85. The molecule has 17 heavy (non-hydrogen) atoms. The molecule has 100 valence electrons. The minimum Gasteiger partial charge on any atom is -0.444 e. The molecule has 4 heteroatoms. The van der Waals surface area contributed by atoms with Gasteiger partial charge >= 0.3 is 6.09 Å². The molecule has 0 heterocycles. The first kappa shape index (κ1) is 15.9. The highest BCUT2D eigenvalue weighted by molar-refractivity contribution is 5.77. The second-order valence-corrected chi connectivity index (χ2v) is 5.42. The largest absolute Gasteiger partial charge is 0.444 e. The van der Waals surface area contributed by atoms with Crippen molar-refractivity contribution in [3.63, 3.8) is 0 Å². The molecule has 0 unspecified atom stereocenters. The van der Waals surface area contributed by atoms with Gasteiger partial charge < -0.3 is 10.1 Å². The monoisotopic (exact) mass is 243 g/mol. The van der Waals surface area contributed by atoms with Crippen LogP contribution in [0, 0.1) is 5.92 Å². The second kappa shape index (κ2) is 7.30. The van der Waals surface area contributed by atoms with Gasteiger partial charge in [-0.05, 0) is 33.1 Å². The predicted octanol–water partition coefficient (Wildman–Crippen LogP) is 2.91. The molecule has 1 N–H and O–H groups in total. The average molecular weight is 243 g/mol. The zero-order valence-electron chi connectivity index (χ0n) is 11.6. The minimum atomic E-state index is -0.467. The Morgan fingerprint density at radius 2 is 1.88 bits per heavy atom.